The van der Waals surface area contributed by atoms with Crippen molar-refractivity contribution < 1.29 is 9.59 Å². The van der Waals surface area contributed by atoms with Gasteiger partial charge in [-0.15, -0.1) is 0 Å². The van der Waals surface area contributed by atoms with E-state index in [9.17, 15) is 9.59 Å². The molecule has 0 fully saturated rings. The summed E-state index contributed by atoms with van der Waals surface area (Å²) in [5.74, 6) is -0.268. The Morgan fingerprint density at radius 2 is 1.65 bits per heavy atom. The highest BCUT2D eigenvalue weighted by atomic mass is 35.5. The van der Waals surface area contributed by atoms with E-state index in [1.807, 2.05) is 56.6 Å². The van der Waals surface area contributed by atoms with Gasteiger partial charge in [0.15, 0.2) is 0 Å². The number of rotatable bonds is 7. The Morgan fingerprint density at radius 3 is 2.29 bits per heavy atom. The third-order valence-electron chi connectivity index (χ3n) is 5.48. The van der Waals surface area contributed by atoms with Crippen molar-refractivity contribution in [1.29, 1.82) is 0 Å². The molecule has 4 rings (SSSR count). The molecule has 1 aliphatic heterocycles. The van der Waals surface area contributed by atoms with Gasteiger partial charge in [0.2, 0.25) is 5.91 Å². The highest BCUT2D eigenvalue weighted by molar-refractivity contribution is 6.38. The number of fused-ring (bicyclic) bond motifs is 1. The normalized spacial score (nSPS) is 14.0. The summed E-state index contributed by atoms with van der Waals surface area (Å²) >= 11 is 6.15. The van der Waals surface area contributed by atoms with Crippen molar-refractivity contribution in [3.05, 3.63) is 94.0 Å². The van der Waals surface area contributed by atoms with Gasteiger partial charge >= 0.3 is 0 Å². The van der Waals surface area contributed by atoms with Crippen molar-refractivity contribution in [2.45, 2.75) is 20.0 Å². The largest absolute Gasteiger partial charge is 0.354 e. The quantitative estimate of drug-likeness (QED) is 0.423. The summed E-state index contributed by atoms with van der Waals surface area (Å²) in [5, 5.41) is 9.77. The molecule has 2 amide bonds. The fraction of sp³-hybridized carbons (Fsp3) is 0.185. The molecule has 0 bridgehead atoms. The minimum absolute atomic E-state index is 0.0795. The summed E-state index contributed by atoms with van der Waals surface area (Å²) in [4.78, 5) is 26.4. The lowest BCUT2D eigenvalue weighted by molar-refractivity contribution is -0.119. The van der Waals surface area contributed by atoms with Crippen LogP contribution in [0.3, 0.4) is 0 Å². The molecule has 0 saturated carbocycles. The first-order valence-corrected chi connectivity index (χ1v) is 11.4. The maximum Gasteiger partial charge on any atom is 0.258 e. The summed E-state index contributed by atoms with van der Waals surface area (Å²) in [6.45, 7) is 2.79. The van der Waals surface area contributed by atoms with E-state index in [-0.39, 0.29) is 11.8 Å². The van der Waals surface area contributed by atoms with Gasteiger partial charge in [-0.3, -0.25) is 9.59 Å². The van der Waals surface area contributed by atoms with Crippen LogP contribution in [0.15, 0.2) is 66.7 Å². The van der Waals surface area contributed by atoms with Crippen molar-refractivity contribution in [3.63, 3.8) is 0 Å². The lowest BCUT2D eigenvalue weighted by Crippen LogP contribution is -2.18. The van der Waals surface area contributed by atoms with E-state index < -0.39 is 0 Å². The molecule has 6 nitrogen and oxygen atoms in total. The molecular weight excluding hydrogens is 448 g/mol. The molecule has 0 spiro atoms. The first-order chi connectivity index (χ1) is 16.3. The Morgan fingerprint density at radius 1 is 0.971 bits per heavy atom. The molecule has 0 aromatic heterocycles. The number of halogens is 1. The summed E-state index contributed by atoms with van der Waals surface area (Å²) in [7, 11) is 4.07. The van der Waals surface area contributed by atoms with Crippen LogP contribution >= 0.6 is 11.6 Å². The summed E-state index contributed by atoms with van der Waals surface area (Å²) in [6.07, 6.45) is 0. The SMILES string of the molecule is CC(=O)NCc1ccc(C(Nc2ccc(CN(C)C)cc2)=C2C(=O)Nc3cc(Cl)ccc32)cc1. The Bertz CT molecular complexity index is 1250. The van der Waals surface area contributed by atoms with Crippen LogP contribution in [0.25, 0.3) is 11.3 Å². The van der Waals surface area contributed by atoms with Gasteiger partial charge in [-0.25, -0.2) is 0 Å². The van der Waals surface area contributed by atoms with Crippen LogP contribution < -0.4 is 16.0 Å². The molecule has 7 heteroatoms. The number of carbonyl (C=O) groups excluding carboxylic acids is 2. The zero-order valence-corrected chi connectivity index (χ0v) is 20.2. The summed E-state index contributed by atoms with van der Waals surface area (Å²) < 4.78 is 0. The fourth-order valence-electron chi connectivity index (χ4n) is 3.89. The molecule has 3 aromatic carbocycles. The van der Waals surface area contributed by atoms with E-state index in [0.717, 1.165) is 28.9 Å². The smallest absolute Gasteiger partial charge is 0.258 e. The van der Waals surface area contributed by atoms with Gasteiger partial charge in [0, 0.05) is 36.3 Å². The second-order valence-corrected chi connectivity index (χ2v) is 9.00. The molecule has 0 saturated heterocycles. The molecule has 1 aliphatic rings. The minimum Gasteiger partial charge on any atom is -0.354 e. The van der Waals surface area contributed by atoms with E-state index in [1.54, 1.807) is 12.1 Å². The lowest BCUT2D eigenvalue weighted by atomic mass is 9.99. The van der Waals surface area contributed by atoms with Crippen molar-refractivity contribution in [2.24, 2.45) is 0 Å². The Balaban J connectivity index is 1.74. The van der Waals surface area contributed by atoms with Gasteiger partial charge < -0.3 is 20.9 Å². The molecule has 0 aliphatic carbocycles. The van der Waals surface area contributed by atoms with E-state index in [2.05, 4.69) is 33.0 Å². The monoisotopic (exact) mass is 474 g/mol. The number of amides is 2. The standard InChI is InChI=1S/C27H27ClN4O2/c1-17(33)29-15-18-4-8-20(9-5-18)26(30-22-11-6-19(7-12-22)16-32(2)3)25-23-13-10-21(28)14-24(23)31-27(25)34/h4-14,30H,15-16H2,1-3H3,(H,29,33)(H,31,34). The molecule has 0 unspecified atom stereocenters. The Hall–Kier alpha value is -3.61. The average molecular weight is 475 g/mol. The molecule has 1 heterocycles. The third-order valence-corrected chi connectivity index (χ3v) is 5.72. The first kappa shape index (κ1) is 23.5. The number of nitrogens with zero attached hydrogens (tertiary/aromatic N) is 1. The number of anilines is 2. The molecule has 0 radical (unpaired) electrons. The lowest BCUT2D eigenvalue weighted by Gasteiger charge is -2.16. The number of nitrogens with one attached hydrogen (secondary N) is 3. The van der Waals surface area contributed by atoms with Crippen LogP contribution in [0.4, 0.5) is 11.4 Å². The predicted molar refractivity (Wildman–Crippen MR) is 138 cm³/mol. The van der Waals surface area contributed by atoms with Gasteiger partial charge in [-0.2, -0.15) is 0 Å². The second-order valence-electron chi connectivity index (χ2n) is 8.56. The molecule has 0 atom stereocenters. The van der Waals surface area contributed by atoms with Crippen LogP contribution in [0.2, 0.25) is 5.02 Å². The zero-order valence-electron chi connectivity index (χ0n) is 19.4. The predicted octanol–water partition coefficient (Wildman–Crippen LogP) is 4.97. The van der Waals surface area contributed by atoms with Crippen LogP contribution in [0, 0.1) is 0 Å². The van der Waals surface area contributed by atoms with Crippen molar-refractivity contribution in [1.82, 2.24) is 10.2 Å². The van der Waals surface area contributed by atoms with E-state index >= 15 is 0 Å². The second kappa shape index (κ2) is 10.1. The Kier molecular flexibility index (Phi) is 7.01. The van der Waals surface area contributed by atoms with Crippen molar-refractivity contribution in [3.8, 4) is 0 Å². The topological polar surface area (TPSA) is 73.5 Å². The number of carbonyl (C=O) groups is 2. The number of benzene rings is 3. The maximum absolute atomic E-state index is 13.1. The summed E-state index contributed by atoms with van der Waals surface area (Å²) in [6, 6.07) is 21.4. The third kappa shape index (κ3) is 5.47. The fourth-order valence-corrected chi connectivity index (χ4v) is 4.06. The zero-order chi connectivity index (χ0) is 24.2. The van der Waals surface area contributed by atoms with Gasteiger partial charge in [-0.1, -0.05) is 54.1 Å². The minimum atomic E-state index is -0.189. The van der Waals surface area contributed by atoms with Gasteiger partial charge in [-0.05, 0) is 55.1 Å². The highest BCUT2D eigenvalue weighted by Crippen LogP contribution is 2.38. The highest BCUT2D eigenvalue weighted by Gasteiger charge is 2.28. The number of hydrogen-bond donors (Lipinski definition) is 3. The van der Waals surface area contributed by atoms with Gasteiger partial charge in [0.1, 0.15) is 0 Å². The van der Waals surface area contributed by atoms with Crippen LogP contribution in [-0.4, -0.2) is 30.8 Å². The number of hydrogen-bond acceptors (Lipinski definition) is 4. The first-order valence-electron chi connectivity index (χ1n) is 11.0. The molecule has 3 aromatic rings. The van der Waals surface area contributed by atoms with E-state index in [1.165, 1.54) is 12.5 Å². The van der Waals surface area contributed by atoms with Crippen LogP contribution in [0.1, 0.15) is 29.2 Å². The molecule has 34 heavy (non-hydrogen) atoms. The average Bonchev–Trinajstić information content (AvgIpc) is 3.11. The van der Waals surface area contributed by atoms with Crippen LogP contribution in [0.5, 0.6) is 0 Å². The Labute approximate surface area is 204 Å². The summed E-state index contributed by atoms with van der Waals surface area (Å²) in [5.41, 5.74) is 6.65. The van der Waals surface area contributed by atoms with Crippen molar-refractivity contribution >= 4 is 46.1 Å². The molecular formula is C27H27ClN4O2. The van der Waals surface area contributed by atoms with E-state index in [4.69, 9.17) is 11.6 Å². The van der Waals surface area contributed by atoms with Crippen molar-refractivity contribution in [2.75, 3.05) is 24.7 Å². The van der Waals surface area contributed by atoms with E-state index in [0.29, 0.717) is 28.5 Å². The maximum atomic E-state index is 13.1. The van der Waals surface area contributed by atoms with Gasteiger partial charge in [0.25, 0.3) is 5.91 Å². The van der Waals surface area contributed by atoms with Gasteiger partial charge in [0.05, 0.1) is 17.0 Å². The molecule has 174 valence electrons. The van der Waals surface area contributed by atoms with Crippen LogP contribution in [-0.2, 0) is 22.7 Å². The molecule has 3 N–H and O–H groups in total.